The van der Waals surface area contributed by atoms with Gasteiger partial charge in [-0.3, -0.25) is 0 Å². The molecule has 1 fully saturated rings. The predicted molar refractivity (Wildman–Crippen MR) is 79.3 cm³/mol. The minimum atomic E-state index is -0.258. The summed E-state index contributed by atoms with van der Waals surface area (Å²) in [4.78, 5) is 0. The summed E-state index contributed by atoms with van der Waals surface area (Å²) in [6.07, 6.45) is 4.67. The number of hydrogen-bond donors (Lipinski definition) is 1. The maximum absolute atomic E-state index is 10.3. The maximum Gasteiger partial charge on any atom is 0.0818 e. The first kappa shape index (κ1) is 15.5. The SMILES string of the molecule is CC(C)(C)c1ccc([C@H](O)C2CCCC2)cc1.Cl. The largest absolute Gasteiger partial charge is 0.388 e. The van der Waals surface area contributed by atoms with Crippen molar-refractivity contribution in [2.75, 3.05) is 0 Å². The van der Waals surface area contributed by atoms with E-state index in [-0.39, 0.29) is 23.9 Å². The average molecular weight is 269 g/mol. The Labute approximate surface area is 117 Å². The van der Waals surface area contributed by atoms with Gasteiger partial charge in [-0.15, -0.1) is 12.4 Å². The van der Waals surface area contributed by atoms with Crippen molar-refractivity contribution < 1.29 is 5.11 Å². The van der Waals surface area contributed by atoms with E-state index in [9.17, 15) is 5.11 Å². The van der Waals surface area contributed by atoms with Crippen molar-refractivity contribution in [3.05, 3.63) is 35.4 Å². The van der Waals surface area contributed by atoms with Gasteiger partial charge in [0.2, 0.25) is 0 Å². The minimum absolute atomic E-state index is 0. The fourth-order valence-corrected chi connectivity index (χ4v) is 2.73. The van der Waals surface area contributed by atoms with E-state index in [0.717, 1.165) is 5.56 Å². The predicted octanol–water partition coefficient (Wildman–Crippen LogP) is 4.63. The highest BCUT2D eigenvalue weighted by Crippen LogP contribution is 2.36. The lowest BCUT2D eigenvalue weighted by atomic mass is 9.85. The van der Waals surface area contributed by atoms with E-state index in [0.29, 0.717) is 5.92 Å². The zero-order valence-electron chi connectivity index (χ0n) is 11.6. The highest BCUT2D eigenvalue weighted by molar-refractivity contribution is 5.85. The molecule has 0 aliphatic heterocycles. The lowest BCUT2D eigenvalue weighted by Crippen LogP contribution is -2.12. The summed E-state index contributed by atoms with van der Waals surface area (Å²) in [7, 11) is 0. The third-order valence-electron chi connectivity index (χ3n) is 3.96. The van der Waals surface area contributed by atoms with Crippen molar-refractivity contribution >= 4 is 12.4 Å². The van der Waals surface area contributed by atoms with Crippen molar-refractivity contribution in [1.29, 1.82) is 0 Å². The topological polar surface area (TPSA) is 20.2 Å². The Morgan fingerprint density at radius 3 is 2.00 bits per heavy atom. The van der Waals surface area contributed by atoms with Crippen LogP contribution in [0.4, 0.5) is 0 Å². The number of hydrogen-bond acceptors (Lipinski definition) is 1. The summed E-state index contributed by atoms with van der Waals surface area (Å²) < 4.78 is 0. The minimum Gasteiger partial charge on any atom is -0.388 e. The molecule has 0 spiro atoms. The van der Waals surface area contributed by atoms with Gasteiger partial charge in [0.1, 0.15) is 0 Å². The highest BCUT2D eigenvalue weighted by Gasteiger charge is 2.24. The van der Waals surface area contributed by atoms with Crippen LogP contribution in [0.3, 0.4) is 0 Å². The third kappa shape index (κ3) is 3.49. The molecule has 0 radical (unpaired) electrons. The fraction of sp³-hybridized carbons (Fsp3) is 0.625. The van der Waals surface area contributed by atoms with E-state index >= 15 is 0 Å². The Morgan fingerprint density at radius 1 is 1.06 bits per heavy atom. The van der Waals surface area contributed by atoms with Gasteiger partial charge >= 0.3 is 0 Å². The lowest BCUT2D eigenvalue weighted by Gasteiger charge is -2.22. The molecule has 1 N–H and O–H groups in total. The van der Waals surface area contributed by atoms with Crippen LogP contribution in [-0.4, -0.2) is 5.11 Å². The molecule has 1 atom stereocenters. The highest BCUT2D eigenvalue weighted by atomic mass is 35.5. The van der Waals surface area contributed by atoms with Crippen LogP contribution in [-0.2, 0) is 5.41 Å². The Morgan fingerprint density at radius 2 is 1.56 bits per heavy atom. The summed E-state index contributed by atoms with van der Waals surface area (Å²) in [5.41, 5.74) is 2.61. The second-order valence-corrected chi connectivity index (χ2v) is 6.36. The van der Waals surface area contributed by atoms with Gasteiger partial charge in [-0.1, -0.05) is 57.9 Å². The second kappa shape index (κ2) is 6.08. The molecular formula is C16H25ClO. The monoisotopic (exact) mass is 268 g/mol. The van der Waals surface area contributed by atoms with Crippen molar-refractivity contribution in [3.8, 4) is 0 Å². The quantitative estimate of drug-likeness (QED) is 0.829. The van der Waals surface area contributed by atoms with Crippen LogP contribution < -0.4 is 0 Å². The van der Waals surface area contributed by atoms with Crippen molar-refractivity contribution in [3.63, 3.8) is 0 Å². The van der Waals surface area contributed by atoms with E-state index in [1.54, 1.807) is 0 Å². The number of aliphatic hydroxyl groups is 1. The molecule has 0 heterocycles. The normalized spacial score (nSPS) is 18.4. The summed E-state index contributed by atoms with van der Waals surface area (Å²) in [6.45, 7) is 6.65. The molecule has 0 bridgehead atoms. The lowest BCUT2D eigenvalue weighted by molar-refractivity contribution is 0.111. The molecule has 0 unspecified atom stereocenters. The van der Waals surface area contributed by atoms with Crippen molar-refractivity contribution in [2.24, 2.45) is 5.92 Å². The van der Waals surface area contributed by atoms with Crippen molar-refractivity contribution in [2.45, 2.75) is 58.0 Å². The second-order valence-electron chi connectivity index (χ2n) is 6.36. The zero-order valence-corrected chi connectivity index (χ0v) is 12.5. The molecule has 1 aromatic rings. The molecule has 18 heavy (non-hydrogen) atoms. The molecule has 1 aromatic carbocycles. The first-order valence-corrected chi connectivity index (χ1v) is 6.77. The van der Waals surface area contributed by atoms with E-state index in [2.05, 4.69) is 45.0 Å². The summed E-state index contributed by atoms with van der Waals surface area (Å²) in [6, 6.07) is 8.52. The van der Waals surface area contributed by atoms with Crippen LogP contribution in [0.2, 0.25) is 0 Å². The molecule has 0 aromatic heterocycles. The fourth-order valence-electron chi connectivity index (χ4n) is 2.73. The maximum atomic E-state index is 10.3. The van der Waals surface area contributed by atoms with E-state index < -0.39 is 0 Å². The molecule has 2 heteroatoms. The van der Waals surface area contributed by atoms with E-state index in [4.69, 9.17) is 0 Å². The standard InChI is InChI=1S/C16H24O.ClH/c1-16(2,3)14-10-8-13(9-11-14)15(17)12-6-4-5-7-12;/h8-12,15,17H,4-7H2,1-3H3;1H/t15-;/m1./s1. The van der Waals surface area contributed by atoms with E-state index in [1.807, 2.05) is 0 Å². The summed E-state index contributed by atoms with van der Waals surface area (Å²) >= 11 is 0. The molecule has 1 saturated carbocycles. The third-order valence-corrected chi connectivity index (χ3v) is 3.96. The Bertz CT molecular complexity index is 358. The number of halogens is 1. The van der Waals surface area contributed by atoms with Gasteiger partial charge in [0.15, 0.2) is 0 Å². The summed E-state index contributed by atoms with van der Waals surface area (Å²) in [5.74, 6) is 0.482. The first-order chi connectivity index (χ1) is 7.98. The number of benzene rings is 1. The molecule has 0 amide bonds. The van der Waals surface area contributed by atoms with Crippen LogP contribution in [0.25, 0.3) is 0 Å². The van der Waals surface area contributed by atoms with Gasteiger partial charge in [-0.05, 0) is 35.3 Å². The van der Waals surface area contributed by atoms with Gasteiger partial charge in [0.25, 0.3) is 0 Å². The molecule has 0 saturated heterocycles. The number of aliphatic hydroxyl groups excluding tert-OH is 1. The molecular weight excluding hydrogens is 244 g/mol. The molecule has 1 aliphatic rings. The molecule has 1 nitrogen and oxygen atoms in total. The van der Waals surface area contributed by atoms with Gasteiger partial charge < -0.3 is 5.11 Å². The van der Waals surface area contributed by atoms with Gasteiger partial charge in [0.05, 0.1) is 6.10 Å². The summed E-state index contributed by atoms with van der Waals surface area (Å²) in [5, 5.41) is 10.3. The van der Waals surface area contributed by atoms with Gasteiger partial charge in [-0.2, -0.15) is 0 Å². The van der Waals surface area contributed by atoms with Crippen LogP contribution >= 0.6 is 12.4 Å². The average Bonchev–Trinajstić information content (AvgIpc) is 2.80. The smallest absolute Gasteiger partial charge is 0.0818 e. The number of rotatable bonds is 2. The Kier molecular flexibility index (Phi) is 5.24. The molecule has 1 aliphatic carbocycles. The Balaban J connectivity index is 0.00000162. The van der Waals surface area contributed by atoms with Crippen LogP contribution in [0.1, 0.15) is 63.7 Å². The van der Waals surface area contributed by atoms with E-state index in [1.165, 1.54) is 31.2 Å². The molecule has 102 valence electrons. The van der Waals surface area contributed by atoms with Crippen molar-refractivity contribution in [1.82, 2.24) is 0 Å². The van der Waals surface area contributed by atoms with Crippen LogP contribution in [0, 0.1) is 5.92 Å². The van der Waals surface area contributed by atoms with Gasteiger partial charge in [0, 0.05) is 0 Å². The van der Waals surface area contributed by atoms with Gasteiger partial charge in [-0.25, -0.2) is 0 Å². The zero-order chi connectivity index (χ0) is 12.5. The first-order valence-electron chi connectivity index (χ1n) is 6.77. The van der Waals surface area contributed by atoms with Crippen LogP contribution in [0.15, 0.2) is 24.3 Å². The molecule has 2 rings (SSSR count). The Hall–Kier alpha value is -0.530. The van der Waals surface area contributed by atoms with Crippen LogP contribution in [0.5, 0.6) is 0 Å².